The Bertz CT molecular complexity index is 269. The second kappa shape index (κ2) is 3.95. The van der Waals surface area contributed by atoms with Gasteiger partial charge >= 0.3 is 5.97 Å². The molecule has 1 N–H and O–H groups in total. The maximum atomic E-state index is 11.1. The van der Waals surface area contributed by atoms with E-state index in [1.54, 1.807) is 0 Å². The topological polar surface area (TPSA) is 54.4 Å². The van der Waals surface area contributed by atoms with Crippen molar-refractivity contribution in [3.63, 3.8) is 0 Å². The van der Waals surface area contributed by atoms with Gasteiger partial charge in [-0.1, -0.05) is 25.7 Å². The summed E-state index contributed by atoms with van der Waals surface area (Å²) in [5.41, 5.74) is -0.681. The van der Waals surface area contributed by atoms with Gasteiger partial charge in [-0.2, -0.15) is 0 Å². The minimum absolute atomic E-state index is 0.115. The van der Waals surface area contributed by atoms with Crippen molar-refractivity contribution in [2.45, 2.75) is 51.4 Å². The van der Waals surface area contributed by atoms with Crippen molar-refractivity contribution in [2.24, 2.45) is 11.3 Å². The molecule has 0 amide bonds. The Labute approximate surface area is 89.9 Å². The molecule has 0 heterocycles. The van der Waals surface area contributed by atoms with E-state index in [2.05, 4.69) is 0 Å². The fourth-order valence-corrected chi connectivity index (χ4v) is 2.92. The average molecular weight is 210 g/mol. The fourth-order valence-electron chi connectivity index (χ4n) is 2.92. The van der Waals surface area contributed by atoms with Gasteiger partial charge in [0.05, 0.1) is 5.41 Å². The van der Waals surface area contributed by atoms with E-state index in [0.29, 0.717) is 6.42 Å². The summed E-state index contributed by atoms with van der Waals surface area (Å²) in [6, 6.07) is 0. The van der Waals surface area contributed by atoms with Crippen LogP contribution in [0.2, 0.25) is 0 Å². The van der Waals surface area contributed by atoms with E-state index < -0.39 is 11.4 Å². The maximum absolute atomic E-state index is 11.1. The molecule has 15 heavy (non-hydrogen) atoms. The van der Waals surface area contributed by atoms with E-state index in [-0.39, 0.29) is 18.6 Å². The Morgan fingerprint density at radius 2 is 1.93 bits per heavy atom. The molecule has 0 aromatic rings. The van der Waals surface area contributed by atoms with Crippen molar-refractivity contribution >= 4 is 11.8 Å². The lowest BCUT2D eigenvalue weighted by Crippen LogP contribution is -2.44. The summed E-state index contributed by atoms with van der Waals surface area (Å²) in [5, 5.41) is 9.12. The summed E-state index contributed by atoms with van der Waals surface area (Å²) in [7, 11) is 0. The van der Waals surface area contributed by atoms with Gasteiger partial charge in [-0.15, -0.1) is 0 Å². The molecule has 2 fully saturated rings. The summed E-state index contributed by atoms with van der Waals surface area (Å²) >= 11 is 0. The lowest BCUT2D eigenvalue weighted by Gasteiger charge is -2.36. The van der Waals surface area contributed by atoms with Crippen LogP contribution in [-0.2, 0) is 9.59 Å². The number of carbonyl (C=O) groups is 2. The Kier molecular flexibility index (Phi) is 2.81. The SMILES string of the molecule is O=C1CC(CCC2CCCC2)(C(=O)O)C1. The molecule has 3 heteroatoms. The molecule has 84 valence electrons. The molecular weight excluding hydrogens is 192 g/mol. The number of Topliss-reactive ketones (excluding diaryl/α,β-unsaturated/α-hetero) is 1. The molecule has 2 saturated carbocycles. The lowest BCUT2D eigenvalue weighted by atomic mass is 9.64. The van der Waals surface area contributed by atoms with E-state index in [9.17, 15) is 9.59 Å². The van der Waals surface area contributed by atoms with Gasteiger partial charge in [0.15, 0.2) is 0 Å². The quantitative estimate of drug-likeness (QED) is 0.775. The molecule has 2 aliphatic carbocycles. The van der Waals surface area contributed by atoms with E-state index in [4.69, 9.17) is 5.11 Å². The maximum Gasteiger partial charge on any atom is 0.310 e. The minimum atomic E-state index is -0.764. The predicted molar refractivity (Wildman–Crippen MR) is 55.5 cm³/mol. The van der Waals surface area contributed by atoms with Crippen LogP contribution in [0, 0.1) is 11.3 Å². The molecule has 0 bridgehead atoms. The van der Waals surface area contributed by atoms with Crippen LogP contribution in [0.4, 0.5) is 0 Å². The first-order valence-electron chi connectivity index (χ1n) is 5.87. The van der Waals surface area contributed by atoms with Crippen LogP contribution >= 0.6 is 0 Å². The number of aliphatic carboxylic acids is 1. The van der Waals surface area contributed by atoms with Crippen LogP contribution in [0.3, 0.4) is 0 Å². The minimum Gasteiger partial charge on any atom is -0.481 e. The van der Waals surface area contributed by atoms with Gasteiger partial charge in [0.1, 0.15) is 5.78 Å². The molecule has 0 spiro atoms. The predicted octanol–water partition coefficient (Wildman–Crippen LogP) is 2.39. The van der Waals surface area contributed by atoms with E-state index in [1.807, 2.05) is 0 Å². The number of carboxylic acids is 1. The van der Waals surface area contributed by atoms with Crippen molar-refractivity contribution in [3.8, 4) is 0 Å². The second-order valence-electron chi connectivity index (χ2n) is 5.17. The Morgan fingerprint density at radius 3 is 2.40 bits per heavy atom. The number of carboxylic acid groups (broad SMARTS) is 1. The van der Waals surface area contributed by atoms with Crippen LogP contribution in [0.25, 0.3) is 0 Å². The molecule has 0 aromatic carbocycles. The van der Waals surface area contributed by atoms with Crippen LogP contribution in [-0.4, -0.2) is 16.9 Å². The first-order valence-corrected chi connectivity index (χ1v) is 5.87. The zero-order valence-corrected chi connectivity index (χ0v) is 9.00. The van der Waals surface area contributed by atoms with Crippen molar-refractivity contribution in [1.82, 2.24) is 0 Å². The van der Waals surface area contributed by atoms with Crippen LogP contribution in [0.5, 0.6) is 0 Å². The number of carbonyl (C=O) groups excluding carboxylic acids is 1. The summed E-state index contributed by atoms with van der Waals surface area (Å²) in [4.78, 5) is 22.1. The van der Waals surface area contributed by atoms with Gasteiger partial charge in [-0.25, -0.2) is 0 Å². The van der Waals surface area contributed by atoms with Gasteiger partial charge in [-0.3, -0.25) is 9.59 Å². The lowest BCUT2D eigenvalue weighted by molar-refractivity contribution is -0.161. The molecule has 0 atom stereocenters. The number of ketones is 1. The van der Waals surface area contributed by atoms with Gasteiger partial charge in [0.2, 0.25) is 0 Å². The highest BCUT2D eigenvalue weighted by atomic mass is 16.4. The van der Waals surface area contributed by atoms with Crippen molar-refractivity contribution < 1.29 is 14.7 Å². The molecule has 0 saturated heterocycles. The highest BCUT2D eigenvalue weighted by Crippen LogP contribution is 2.44. The zero-order valence-electron chi connectivity index (χ0n) is 9.00. The summed E-state index contributed by atoms with van der Waals surface area (Å²) in [5.74, 6) is 0.0702. The van der Waals surface area contributed by atoms with Crippen molar-refractivity contribution in [2.75, 3.05) is 0 Å². The molecule has 0 unspecified atom stereocenters. The largest absolute Gasteiger partial charge is 0.481 e. The third kappa shape index (κ3) is 2.06. The number of hydrogen-bond acceptors (Lipinski definition) is 2. The second-order valence-corrected chi connectivity index (χ2v) is 5.17. The number of hydrogen-bond donors (Lipinski definition) is 1. The zero-order chi connectivity index (χ0) is 10.9. The average Bonchev–Trinajstić information content (AvgIpc) is 2.62. The molecular formula is C12H18O3. The van der Waals surface area contributed by atoms with E-state index >= 15 is 0 Å². The van der Waals surface area contributed by atoms with Crippen LogP contribution < -0.4 is 0 Å². The Balaban J connectivity index is 1.85. The summed E-state index contributed by atoms with van der Waals surface area (Å²) < 4.78 is 0. The highest BCUT2D eigenvalue weighted by Gasteiger charge is 2.49. The molecule has 0 radical (unpaired) electrons. The van der Waals surface area contributed by atoms with Gasteiger partial charge in [0.25, 0.3) is 0 Å². The third-order valence-corrected chi connectivity index (χ3v) is 4.03. The number of rotatable bonds is 4. The van der Waals surface area contributed by atoms with Crippen molar-refractivity contribution in [3.05, 3.63) is 0 Å². The molecule has 0 aromatic heterocycles. The Hall–Kier alpha value is -0.860. The highest BCUT2D eigenvalue weighted by molar-refractivity contribution is 5.96. The van der Waals surface area contributed by atoms with Gasteiger partial charge in [-0.05, 0) is 18.8 Å². The smallest absolute Gasteiger partial charge is 0.310 e. The van der Waals surface area contributed by atoms with E-state index in [1.165, 1.54) is 25.7 Å². The Morgan fingerprint density at radius 1 is 1.33 bits per heavy atom. The first-order chi connectivity index (χ1) is 7.12. The van der Waals surface area contributed by atoms with Crippen molar-refractivity contribution in [1.29, 1.82) is 0 Å². The summed E-state index contributed by atoms with van der Waals surface area (Å²) in [6.07, 6.45) is 7.35. The van der Waals surface area contributed by atoms with Gasteiger partial charge < -0.3 is 5.11 Å². The summed E-state index contributed by atoms with van der Waals surface area (Å²) in [6.45, 7) is 0. The fraction of sp³-hybridized carbons (Fsp3) is 0.833. The van der Waals surface area contributed by atoms with E-state index in [0.717, 1.165) is 12.3 Å². The van der Waals surface area contributed by atoms with Crippen LogP contribution in [0.1, 0.15) is 51.4 Å². The monoisotopic (exact) mass is 210 g/mol. The van der Waals surface area contributed by atoms with Crippen LogP contribution in [0.15, 0.2) is 0 Å². The molecule has 2 rings (SSSR count). The third-order valence-electron chi connectivity index (χ3n) is 4.03. The molecule has 0 aliphatic heterocycles. The first kappa shape index (κ1) is 10.7. The molecule has 3 nitrogen and oxygen atoms in total. The molecule has 2 aliphatic rings. The standard InChI is InChI=1S/C12H18O3/c13-10-7-12(8-10,11(14)15)6-5-9-3-1-2-4-9/h9H,1-8H2,(H,14,15). The normalized spacial score (nSPS) is 25.2. The van der Waals surface area contributed by atoms with Gasteiger partial charge in [0, 0.05) is 12.8 Å².